The highest BCUT2D eigenvalue weighted by atomic mass is 35.5. The van der Waals surface area contributed by atoms with E-state index in [0.717, 1.165) is 10.9 Å². The van der Waals surface area contributed by atoms with Gasteiger partial charge in [-0.1, -0.05) is 23.7 Å². The first kappa shape index (κ1) is 11.6. The maximum absolute atomic E-state index is 10.9. The van der Waals surface area contributed by atoms with Crippen LogP contribution >= 0.6 is 11.6 Å². The number of carboxylic acids is 1. The zero-order chi connectivity index (χ0) is 13.4. The first-order valence-corrected chi connectivity index (χ1v) is 5.73. The number of nitrogens with one attached hydrogen (secondary N) is 1. The Morgan fingerprint density at radius 3 is 2.95 bits per heavy atom. The summed E-state index contributed by atoms with van der Waals surface area (Å²) < 4.78 is 0. The van der Waals surface area contributed by atoms with Crippen LogP contribution in [0, 0.1) is 0 Å². The van der Waals surface area contributed by atoms with E-state index < -0.39 is 5.97 Å². The second-order valence-electron chi connectivity index (χ2n) is 3.83. The molecule has 7 heteroatoms. The molecule has 2 heterocycles. The molecule has 0 aliphatic carbocycles. The minimum absolute atomic E-state index is 0.290. The summed E-state index contributed by atoms with van der Waals surface area (Å²) in [5.41, 5.74) is 1.91. The number of aromatic amines is 1. The predicted octanol–water partition coefficient (Wildman–Crippen LogP) is 2.37. The molecule has 19 heavy (non-hydrogen) atoms. The van der Waals surface area contributed by atoms with Crippen molar-refractivity contribution in [1.29, 1.82) is 0 Å². The number of nitrogens with zero attached hydrogens (tertiary/aromatic N) is 3. The van der Waals surface area contributed by atoms with Crippen molar-refractivity contribution in [3.8, 4) is 11.3 Å². The molecule has 0 aliphatic rings. The van der Waals surface area contributed by atoms with Gasteiger partial charge in [-0.2, -0.15) is 5.10 Å². The molecule has 6 nitrogen and oxygen atoms in total. The van der Waals surface area contributed by atoms with Gasteiger partial charge in [-0.15, -0.1) is 0 Å². The van der Waals surface area contributed by atoms with Gasteiger partial charge in [0.25, 0.3) is 0 Å². The lowest BCUT2D eigenvalue weighted by atomic mass is 10.1. The fourth-order valence-electron chi connectivity index (χ4n) is 1.83. The van der Waals surface area contributed by atoms with E-state index in [2.05, 4.69) is 20.2 Å². The van der Waals surface area contributed by atoms with Crippen molar-refractivity contribution in [1.82, 2.24) is 20.2 Å². The zero-order valence-electron chi connectivity index (χ0n) is 9.46. The summed E-state index contributed by atoms with van der Waals surface area (Å²) >= 11 is 6.05. The van der Waals surface area contributed by atoms with Gasteiger partial charge in [-0.3, -0.25) is 5.10 Å². The number of benzene rings is 1. The van der Waals surface area contributed by atoms with Crippen LogP contribution < -0.4 is 0 Å². The van der Waals surface area contributed by atoms with Gasteiger partial charge in [0.05, 0.1) is 28.6 Å². The molecule has 94 valence electrons. The molecule has 0 saturated heterocycles. The Hall–Kier alpha value is -2.47. The van der Waals surface area contributed by atoms with Crippen LogP contribution in [0.4, 0.5) is 0 Å². The SMILES string of the molecule is O=C(O)c1ncc(Cl)c(-c2cccc3[nH]ncc23)n1. The zero-order valence-corrected chi connectivity index (χ0v) is 10.2. The van der Waals surface area contributed by atoms with E-state index in [9.17, 15) is 4.79 Å². The predicted molar refractivity (Wildman–Crippen MR) is 69.1 cm³/mol. The highest BCUT2D eigenvalue weighted by Gasteiger charge is 2.14. The molecule has 0 unspecified atom stereocenters. The summed E-state index contributed by atoms with van der Waals surface area (Å²) in [7, 11) is 0. The molecule has 2 aromatic heterocycles. The molecule has 0 fully saturated rings. The van der Waals surface area contributed by atoms with E-state index in [4.69, 9.17) is 16.7 Å². The van der Waals surface area contributed by atoms with Gasteiger partial charge in [0.1, 0.15) is 0 Å². The molecule has 2 N–H and O–H groups in total. The molecule has 0 atom stereocenters. The van der Waals surface area contributed by atoms with Crippen molar-refractivity contribution in [2.24, 2.45) is 0 Å². The van der Waals surface area contributed by atoms with Crippen molar-refractivity contribution in [2.45, 2.75) is 0 Å². The van der Waals surface area contributed by atoms with Gasteiger partial charge < -0.3 is 5.11 Å². The maximum atomic E-state index is 10.9. The monoisotopic (exact) mass is 274 g/mol. The lowest BCUT2D eigenvalue weighted by molar-refractivity contribution is 0.0683. The standard InChI is InChI=1S/C12H7ClN4O2/c13-8-5-14-11(12(18)19)16-10(8)6-2-1-3-9-7(6)4-15-17-9/h1-5H,(H,15,17)(H,18,19). The minimum Gasteiger partial charge on any atom is -0.475 e. The lowest BCUT2D eigenvalue weighted by Crippen LogP contribution is -2.04. The van der Waals surface area contributed by atoms with E-state index in [-0.39, 0.29) is 5.82 Å². The summed E-state index contributed by atoms with van der Waals surface area (Å²) in [4.78, 5) is 18.6. The van der Waals surface area contributed by atoms with Crippen LogP contribution in [0.1, 0.15) is 10.6 Å². The first-order chi connectivity index (χ1) is 9.16. The highest BCUT2D eigenvalue weighted by Crippen LogP contribution is 2.30. The van der Waals surface area contributed by atoms with Crippen molar-refractivity contribution in [3.05, 3.63) is 41.4 Å². The number of fused-ring (bicyclic) bond motifs is 1. The normalized spacial score (nSPS) is 10.8. The average molecular weight is 275 g/mol. The third-order valence-electron chi connectivity index (χ3n) is 2.68. The van der Waals surface area contributed by atoms with Gasteiger partial charge in [-0.05, 0) is 6.07 Å². The van der Waals surface area contributed by atoms with Crippen molar-refractivity contribution in [2.75, 3.05) is 0 Å². The molecule has 3 aromatic rings. The Bertz CT molecular complexity index is 784. The third kappa shape index (κ3) is 1.92. The number of carboxylic acid groups (broad SMARTS) is 1. The van der Waals surface area contributed by atoms with Gasteiger partial charge in [-0.25, -0.2) is 14.8 Å². The van der Waals surface area contributed by atoms with Gasteiger partial charge in [0, 0.05) is 10.9 Å². The Labute approximate surface area is 112 Å². The second-order valence-corrected chi connectivity index (χ2v) is 4.24. The second kappa shape index (κ2) is 4.33. The van der Waals surface area contributed by atoms with Crippen LogP contribution in [0.2, 0.25) is 5.02 Å². The largest absolute Gasteiger partial charge is 0.475 e. The summed E-state index contributed by atoms with van der Waals surface area (Å²) in [5.74, 6) is -1.49. The van der Waals surface area contributed by atoms with Gasteiger partial charge in [0.2, 0.25) is 5.82 Å². The van der Waals surface area contributed by atoms with Crippen molar-refractivity contribution < 1.29 is 9.90 Å². The number of hydrogen-bond donors (Lipinski definition) is 2. The summed E-state index contributed by atoms with van der Waals surface area (Å²) in [6.07, 6.45) is 2.93. The fraction of sp³-hybridized carbons (Fsp3) is 0. The van der Waals surface area contributed by atoms with Gasteiger partial charge >= 0.3 is 5.97 Å². The molecular weight excluding hydrogens is 268 g/mol. The van der Waals surface area contributed by atoms with Crippen molar-refractivity contribution >= 4 is 28.5 Å². The lowest BCUT2D eigenvalue weighted by Gasteiger charge is -2.05. The Balaban J connectivity index is 2.29. The number of rotatable bonds is 2. The Kier molecular flexibility index (Phi) is 2.64. The van der Waals surface area contributed by atoms with E-state index >= 15 is 0 Å². The molecule has 0 aliphatic heterocycles. The fourth-order valence-corrected chi connectivity index (χ4v) is 2.03. The molecule has 3 rings (SSSR count). The number of aromatic nitrogens is 4. The molecule has 0 bridgehead atoms. The maximum Gasteiger partial charge on any atom is 0.373 e. The molecule has 0 radical (unpaired) electrons. The number of aromatic carboxylic acids is 1. The smallest absolute Gasteiger partial charge is 0.373 e. The highest BCUT2D eigenvalue weighted by molar-refractivity contribution is 6.33. The molecule has 0 amide bonds. The Morgan fingerprint density at radius 2 is 2.16 bits per heavy atom. The quantitative estimate of drug-likeness (QED) is 0.748. The van der Waals surface area contributed by atoms with E-state index in [1.807, 2.05) is 12.1 Å². The summed E-state index contributed by atoms with van der Waals surface area (Å²) in [6, 6.07) is 5.48. The van der Waals surface area contributed by atoms with Gasteiger partial charge in [0.15, 0.2) is 0 Å². The molecular formula is C12H7ClN4O2. The molecule has 0 spiro atoms. The Morgan fingerprint density at radius 1 is 1.32 bits per heavy atom. The molecule has 1 aromatic carbocycles. The molecule has 0 saturated carbocycles. The van der Waals surface area contributed by atoms with E-state index in [0.29, 0.717) is 16.3 Å². The van der Waals surface area contributed by atoms with Crippen LogP contribution in [0.3, 0.4) is 0 Å². The van der Waals surface area contributed by atoms with Crippen LogP contribution in [0.25, 0.3) is 22.2 Å². The van der Waals surface area contributed by atoms with Crippen LogP contribution in [-0.2, 0) is 0 Å². The summed E-state index contributed by atoms with van der Waals surface area (Å²) in [5, 5.41) is 16.8. The first-order valence-electron chi connectivity index (χ1n) is 5.35. The van der Waals surface area contributed by atoms with E-state index in [1.165, 1.54) is 6.20 Å². The van der Waals surface area contributed by atoms with Crippen molar-refractivity contribution in [3.63, 3.8) is 0 Å². The number of H-pyrrole nitrogens is 1. The topological polar surface area (TPSA) is 91.8 Å². The number of hydrogen-bond acceptors (Lipinski definition) is 4. The van der Waals surface area contributed by atoms with Crippen LogP contribution in [0.15, 0.2) is 30.6 Å². The van der Waals surface area contributed by atoms with Crippen LogP contribution in [-0.4, -0.2) is 31.2 Å². The third-order valence-corrected chi connectivity index (χ3v) is 2.95. The number of halogens is 1. The average Bonchev–Trinajstić information content (AvgIpc) is 2.87. The van der Waals surface area contributed by atoms with Crippen LogP contribution in [0.5, 0.6) is 0 Å². The van der Waals surface area contributed by atoms with E-state index in [1.54, 1.807) is 12.3 Å². The number of carbonyl (C=O) groups is 1. The minimum atomic E-state index is -1.20. The summed E-state index contributed by atoms with van der Waals surface area (Å²) in [6.45, 7) is 0.